The first-order valence-electron chi connectivity index (χ1n) is 10.5. The Morgan fingerprint density at radius 2 is 1.64 bits per heavy atom. The van der Waals surface area contributed by atoms with Gasteiger partial charge in [-0.15, -0.1) is 11.8 Å². The highest BCUT2D eigenvalue weighted by Gasteiger charge is 2.36. The topological polar surface area (TPSA) is 77.5 Å². The van der Waals surface area contributed by atoms with Crippen LogP contribution in [0.5, 0.6) is 23.0 Å². The van der Waals surface area contributed by atoms with Crippen LogP contribution in [0.4, 0.5) is 0 Å². The van der Waals surface area contributed by atoms with Gasteiger partial charge in [0, 0.05) is 31.0 Å². The van der Waals surface area contributed by atoms with Gasteiger partial charge in [-0.3, -0.25) is 9.59 Å². The van der Waals surface area contributed by atoms with Crippen LogP contribution in [0.25, 0.3) is 0 Å². The van der Waals surface area contributed by atoms with E-state index < -0.39 is 6.04 Å². The Morgan fingerprint density at radius 3 is 2.24 bits per heavy atom. The third kappa shape index (κ3) is 5.65. The zero-order valence-electron chi connectivity index (χ0n) is 19.6. The van der Waals surface area contributed by atoms with Crippen molar-refractivity contribution in [2.24, 2.45) is 0 Å². The molecule has 1 fully saturated rings. The summed E-state index contributed by atoms with van der Waals surface area (Å²) in [7, 11) is 8.03. The fourth-order valence-electron chi connectivity index (χ4n) is 3.64. The second kappa shape index (κ2) is 11.2. The molecule has 0 aliphatic carbocycles. The van der Waals surface area contributed by atoms with Gasteiger partial charge in [-0.2, -0.15) is 0 Å². The van der Waals surface area contributed by atoms with Gasteiger partial charge in [0.25, 0.3) is 5.91 Å². The molecule has 33 heavy (non-hydrogen) atoms. The first-order chi connectivity index (χ1) is 15.9. The number of rotatable bonds is 9. The van der Waals surface area contributed by atoms with Crippen molar-refractivity contribution in [2.45, 2.75) is 12.5 Å². The molecular formula is C24H30N2O6S. The molecule has 1 aliphatic heterocycles. The molecule has 0 saturated carbocycles. The van der Waals surface area contributed by atoms with Crippen molar-refractivity contribution in [3.05, 3.63) is 47.5 Å². The number of nitrogens with zero attached hydrogens (tertiary/aromatic N) is 2. The number of carbonyl (C=O) groups excluding carboxylic acids is 2. The van der Waals surface area contributed by atoms with Gasteiger partial charge < -0.3 is 28.7 Å². The lowest BCUT2D eigenvalue weighted by molar-refractivity contribution is -0.133. The summed E-state index contributed by atoms with van der Waals surface area (Å²) in [4.78, 5) is 29.7. The van der Waals surface area contributed by atoms with E-state index in [4.69, 9.17) is 18.9 Å². The van der Waals surface area contributed by atoms with Gasteiger partial charge >= 0.3 is 0 Å². The van der Waals surface area contributed by atoms with E-state index in [1.165, 1.54) is 14.2 Å². The summed E-state index contributed by atoms with van der Waals surface area (Å²) >= 11 is 1.57. The van der Waals surface area contributed by atoms with Gasteiger partial charge in [0.1, 0.15) is 17.5 Å². The molecule has 1 aliphatic rings. The number of carbonyl (C=O) groups is 2. The molecule has 1 unspecified atom stereocenters. The van der Waals surface area contributed by atoms with E-state index in [1.54, 1.807) is 61.0 Å². The number of amides is 2. The fraction of sp³-hybridized carbons (Fsp3) is 0.417. The van der Waals surface area contributed by atoms with Crippen LogP contribution in [0.15, 0.2) is 36.4 Å². The Morgan fingerprint density at radius 1 is 0.970 bits per heavy atom. The van der Waals surface area contributed by atoms with Crippen LogP contribution in [0.2, 0.25) is 0 Å². The summed E-state index contributed by atoms with van der Waals surface area (Å²) in [5.41, 5.74) is 1.46. The van der Waals surface area contributed by atoms with Gasteiger partial charge in [0.2, 0.25) is 5.91 Å². The van der Waals surface area contributed by atoms with E-state index in [0.717, 1.165) is 5.56 Å². The number of ether oxygens (including phenoxy) is 4. The minimum Gasteiger partial charge on any atom is -0.497 e. The monoisotopic (exact) mass is 474 g/mol. The molecule has 3 rings (SSSR count). The summed E-state index contributed by atoms with van der Waals surface area (Å²) in [6.07, 6.45) is 0.656. The third-order valence-corrected chi connectivity index (χ3v) is 6.60. The normalized spacial score (nSPS) is 15.2. The Kier molecular flexibility index (Phi) is 8.32. The van der Waals surface area contributed by atoms with Crippen molar-refractivity contribution in [2.75, 3.05) is 53.7 Å². The standard InChI is InChI=1S/C24H30N2O6S/c1-25(9-8-16-6-7-21(31-4)22(10-16)32-5)24(28)20-14-33-15-26(20)23(27)17-11-18(29-2)13-19(12-17)30-3/h6-7,10-13,20H,8-9,14-15H2,1-5H3. The first-order valence-corrected chi connectivity index (χ1v) is 11.6. The van der Waals surface area contributed by atoms with Crippen LogP contribution in [-0.4, -0.2) is 81.3 Å². The van der Waals surface area contributed by atoms with E-state index >= 15 is 0 Å². The molecule has 178 valence electrons. The van der Waals surface area contributed by atoms with E-state index in [-0.39, 0.29) is 11.8 Å². The summed E-state index contributed by atoms with van der Waals surface area (Å²) < 4.78 is 21.2. The van der Waals surface area contributed by atoms with Crippen LogP contribution in [0, 0.1) is 0 Å². The largest absolute Gasteiger partial charge is 0.497 e. The number of hydrogen-bond donors (Lipinski definition) is 0. The summed E-state index contributed by atoms with van der Waals surface area (Å²) in [6, 6.07) is 10.2. The molecule has 1 heterocycles. The highest BCUT2D eigenvalue weighted by Crippen LogP contribution is 2.29. The molecule has 0 spiro atoms. The molecule has 0 bridgehead atoms. The third-order valence-electron chi connectivity index (χ3n) is 5.59. The minimum atomic E-state index is -0.518. The lowest BCUT2D eigenvalue weighted by atomic mass is 10.1. The molecule has 2 amide bonds. The zero-order chi connectivity index (χ0) is 24.0. The van der Waals surface area contributed by atoms with Gasteiger partial charge in [0.05, 0.1) is 34.3 Å². The SMILES string of the molecule is COc1cc(OC)cc(C(=O)N2CSCC2C(=O)N(C)CCc2ccc(OC)c(OC)c2)c1. The average Bonchev–Trinajstić information content (AvgIpc) is 3.35. The zero-order valence-corrected chi connectivity index (χ0v) is 20.4. The van der Waals surface area contributed by atoms with E-state index in [1.807, 2.05) is 18.2 Å². The molecule has 2 aromatic rings. The van der Waals surface area contributed by atoms with Crippen molar-refractivity contribution < 1.29 is 28.5 Å². The van der Waals surface area contributed by atoms with Crippen LogP contribution < -0.4 is 18.9 Å². The summed E-state index contributed by atoms with van der Waals surface area (Å²) in [5, 5.41) is 0. The van der Waals surface area contributed by atoms with Crippen molar-refractivity contribution >= 4 is 23.6 Å². The number of thioether (sulfide) groups is 1. The number of hydrogen-bond acceptors (Lipinski definition) is 7. The maximum atomic E-state index is 13.2. The Labute approximate surface area is 198 Å². The smallest absolute Gasteiger partial charge is 0.255 e. The molecule has 0 aromatic heterocycles. The lowest BCUT2D eigenvalue weighted by Gasteiger charge is -2.27. The van der Waals surface area contributed by atoms with E-state index in [0.29, 0.717) is 53.2 Å². The predicted molar refractivity (Wildman–Crippen MR) is 128 cm³/mol. The van der Waals surface area contributed by atoms with E-state index in [2.05, 4.69) is 0 Å². The molecule has 0 radical (unpaired) electrons. The highest BCUT2D eigenvalue weighted by atomic mass is 32.2. The van der Waals surface area contributed by atoms with Crippen molar-refractivity contribution in [3.8, 4) is 23.0 Å². The highest BCUT2D eigenvalue weighted by molar-refractivity contribution is 7.99. The number of methoxy groups -OCH3 is 4. The lowest BCUT2D eigenvalue weighted by Crippen LogP contribution is -2.48. The van der Waals surface area contributed by atoms with Crippen molar-refractivity contribution in [1.82, 2.24) is 9.80 Å². The quantitative estimate of drug-likeness (QED) is 0.553. The molecule has 8 nitrogen and oxygen atoms in total. The van der Waals surface area contributed by atoms with Crippen molar-refractivity contribution in [1.29, 1.82) is 0 Å². The second-order valence-corrected chi connectivity index (χ2v) is 8.59. The number of likely N-dealkylation sites (N-methyl/N-ethyl adjacent to an activating group) is 1. The van der Waals surface area contributed by atoms with Crippen molar-refractivity contribution in [3.63, 3.8) is 0 Å². The first kappa shape index (κ1) is 24.6. The summed E-state index contributed by atoms with van der Waals surface area (Å²) in [6.45, 7) is 0.518. The Balaban J connectivity index is 1.68. The van der Waals surface area contributed by atoms with Crippen LogP contribution >= 0.6 is 11.8 Å². The van der Waals surface area contributed by atoms with Crippen LogP contribution in [-0.2, 0) is 11.2 Å². The molecule has 1 saturated heterocycles. The maximum Gasteiger partial charge on any atom is 0.255 e. The maximum absolute atomic E-state index is 13.2. The Hall–Kier alpha value is -3.07. The van der Waals surface area contributed by atoms with Gasteiger partial charge in [-0.1, -0.05) is 6.07 Å². The molecule has 2 aromatic carbocycles. The van der Waals surface area contributed by atoms with Gasteiger partial charge in [-0.25, -0.2) is 0 Å². The predicted octanol–water partition coefficient (Wildman–Crippen LogP) is 2.94. The van der Waals surface area contributed by atoms with Gasteiger partial charge in [0.15, 0.2) is 11.5 Å². The molecule has 0 N–H and O–H groups in total. The van der Waals surface area contributed by atoms with Gasteiger partial charge in [-0.05, 0) is 36.2 Å². The average molecular weight is 475 g/mol. The Bertz CT molecular complexity index is 977. The molecule has 9 heteroatoms. The van der Waals surface area contributed by atoms with Crippen LogP contribution in [0.3, 0.4) is 0 Å². The summed E-state index contributed by atoms with van der Waals surface area (Å²) in [5.74, 6) is 3.09. The molecule has 1 atom stereocenters. The van der Waals surface area contributed by atoms with Crippen LogP contribution in [0.1, 0.15) is 15.9 Å². The minimum absolute atomic E-state index is 0.0799. The van der Waals surface area contributed by atoms with E-state index in [9.17, 15) is 9.59 Å². The molecular weight excluding hydrogens is 444 g/mol. The fourth-order valence-corrected chi connectivity index (χ4v) is 4.79. The second-order valence-electron chi connectivity index (χ2n) is 7.59. The number of benzene rings is 2.